The molecule has 0 aliphatic rings. The summed E-state index contributed by atoms with van der Waals surface area (Å²) in [5.74, 6) is 1.76. The lowest BCUT2D eigenvalue weighted by Crippen LogP contribution is -2.23. The monoisotopic (exact) mass is 320 g/mol. The first-order valence-corrected chi connectivity index (χ1v) is 6.83. The fourth-order valence-corrected chi connectivity index (χ4v) is 2.41. The van der Waals surface area contributed by atoms with E-state index in [1.807, 2.05) is 28.9 Å². The number of hydrogen-bond acceptors (Lipinski definition) is 4. The van der Waals surface area contributed by atoms with Gasteiger partial charge in [0, 0.05) is 25.1 Å². The summed E-state index contributed by atoms with van der Waals surface area (Å²) in [6.07, 6.45) is 7.26. The number of nitrogens with zero attached hydrogens (tertiary/aromatic N) is 4. The average molecular weight is 321 g/mol. The Kier molecular flexibility index (Phi) is 3.25. The van der Waals surface area contributed by atoms with Crippen molar-refractivity contribution in [1.29, 1.82) is 0 Å². The highest BCUT2D eigenvalue weighted by Crippen LogP contribution is 2.22. The molecule has 3 heterocycles. The van der Waals surface area contributed by atoms with Gasteiger partial charge in [0.1, 0.15) is 10.4 Å². The fraction of sp³-hybridized carbons (Fsp3) is 0.231. The molecule has 0 aliphatic heterocycles. The summed E-state index contributed by atoms with van der Waals surface area (Å²) < 4.78 is 8.14. The van der Waals surface area contributed by atoms with Crippen LogP contribution in [0, 0.1) is 0 Å². The third-order valence-corrected chi connectivity index (χ3v) is 3.32. The molecular weight excluding hydrogens is 308 g/mol. The quantitative estimate of drug-likeness (QED) is 0.741. The number of aromatic nitrogens is 3. The summed E-state index contributed by atoms with van der Waals surface area (Å²) in [6, 6.07) is 3.85. The summed E-state index contributed by atoms with van der Waals surface area (Å²) in [5.41, 5.74) is 0.844. The minimum Gasteiger partial charge on any atom is -0.467 e. The molecule has 3 aromatic rings. The van der Waals surface area contributed by atoms with Crippen molar-refractivity contribution < 1.29 is 4.42 Å². The number of fused-ring (bicyclic) bond motifs is 1. The normalized spacial score (nSPS) is 11.1. The summed E-state index contributed by atoms with van der Waals surface area (Å²) in [6.45, 7) is 3.59. The molecule has 0 aliphatic carbocycles. The van der Waals surface area contributed by atoms with Crippen LogP contribution in [-0.4, -0.2) is 20.9 Å². The number of halogens is 1. The molecule has 0 amide bonds. The van der Waals surface area contributed by atoms with Gasteiger partial charge in [-0.25, -0.2) is 9.97 Å². The van der Waals surface area contributed by atoms with E-state index in [9.17, 15) is 0 Å². The Labute approximate surface area is 119 Å². The van der Waals surface area contributed by atoms with Crippen molar-refractivity contribution >= 4 is 27.4 Å². The van der Waals surface area contributed by atoms with Gasteiger partial charge >= 0.3 is 0 Å². The first kappa shape index (κ1) is 12.2. The van der Waals surface area contributed by atoms with Crippen molar-refractivity contribution in [3.63, 3.8) is 0 Å². The van der Waals surface area contributed by atoms with Gasteiger partial charge < -0.3 is 13.7 Å². The highest BCUT2D eigenvalue weighted by Gasteiger charge is 2.14. The third-order valence-electron chi connectivity index (χ3n) is 2.94. The number of anilines is 1. The molecule has 0 bridgehead atoms. The smallest absolute Gasteiger partial charge is 0.180 e. The van der Waals surface area contributed by atoms with Crippen LogP contribution in [0.15, 0.2) is 46.0 Å². The minimum absolute atomic E-state index is 0.676. The zero-order valence-corrected chi connectivity index (χ0v) is 12.0. The first-order chi connectivity index (χ1) is 9.28. The molecule has 0 radical (unpaired) electrons. The van der Waals surface area contributed by atoms with Gasteiger partial charge in [-0.3, -0.25) is 0 Å². The van der Waals surface area contributed by atoms with Crippen LogP contribution in [0.2, 0.25) is 0 Å². The van der Waals surface area contributed by atoms with Crippen LogP contribution >= 0.6 is 15.9 Å². The van der Waals surface area contributed by atoms with Gasteiger partial charge in [0.15, 0.2) is 11.5 Å². The van der Waals surface area contributed by atoms with E-state index in [0.29, 0.717) is 6.54 Å². The van der Waals surface area contributed by atoms with Gasteiger partial charge in [0.2, 0.25) is 0 Å². The lowest BCUT2D eigenvalue weighted by Gasteiger charge is -2.21. The molecule has 3 aromatic heterocycles. The third kappa shape index (κ3) is 2.35. The van der Waals surface area contributed by atoms with Gasteiger partial charge in [-0.05, 0) is 35.0 Å². The van der Waals surface area contributed by atoms with Crippen molar-refractivity contribution in [2.45, 2.75) is 13.5 Å². The van der Waals surface area contributed by atoms with Crippen LogP contribution in [0.1, 0.15) is 12.7 Å². The molecule has 3 rings (SSSR count). The van der Waals surface area contributed by atoms with E-state index in [1.165, 1.54) is 0 Å². The molecule has 5 nitrogen and oxygen atoms in total. The summed E-state index contributed by atoms with van der Waals surface area (Å²) in [4.78, 5) is 11.0. The number of hydrogen-bond donors (Lipinski definition) is 0. The zero-order chi connectivity index (χ0) is 13.2. The minimum atomic E-state index is 0.676. The van der Waals surface area contributed by atoms with Crippen LogP contribution in [0.4, 0.5) is 5.82 Å². The molecule has 0 saturated heterocycles. The Morgan fingerprint density at radius 3 is 3.11 bits per heavy atom. The maximum absolute atomic E-state index is 5.40. The second-order valence-corrected chi connectivity index (χ2v) is 4.95. The standard InChI is InChI=1S/C13H13BrN4O/c1-2-17(8-10-4-3-7-19-10)13-12-15-5-6-18(12)9-11(14)16-13/h3-7,9H,2,8H2,1H3. The van der Waals surface area contributed by atoms with Crippen LogP contribution in [-0.2, 0) is 6.54 Å². The number of imidazole rings is 1. The summed E-state index contributed by atoms with van der Waals surface area (Å²) in [7, 11) is 0. The Morgan fingerprint density at radius 2 is 2.37 bits per heavy atom. The van der Waals surface area contributed by atoms with Gasteiger partial charge in [-0.2, -0.15) is 0 Å². The zero-order valence-electron chi connectivity index (χ0n) is 10.5. The van der Waals surface area contributed by atoms with Crippen molar-refractivity contribution in [2.24, 2.45) is 0 Å². The molecule has 0 fully saturated rings. The molecule has 98 valence electrons. The van der Waals surface area contributed by atoms with E-state index in [2.05, 4.69) is 37.7 Å². The maximum Gasteiger partial charge on any atom is 0.180 e. The summed E-state index contributed by atoms with van der Waals surface area (Å²) >= 11 is 3.43. The number of rotatable bonds is 4. The molecule has 0 unspecified atom stereocenters. The molecule has 0 spiro atoms. The molecule has 0 saturated carbocycles. The number of furan rings is 1. The van der Waals surface area contributed by atoms with Crippen molar-refractivity contribution in [3.8, 4) is 0 Å². The molecule has 6 heteroatoms. The van der Waals surface area contributed by atoms with Gasteiger partial charge in [-0.15, -0.1) is 0 Å². The maximum atomic E-state index is 5.40. The lowest BCUT2D eigenvalue weighted by atomic mass is 10.4. The van der Waals surface area contributed by atoms with E-state index >= 15 is 0 Å². The van der Waals surface area contributed by atoms with Crippen molar-refractivity contribution in [3.05, 3.63) is 47.3 Å². The molecule has 19 heavy (non-hydrogen) atoms. The predicted molar refractivity (Wildman–Crippen MR) is 76.1 cm³/mol. The fourth-order valence-electron chi connectivity index (χ4n) is 2.02. The largest absolute Gasteiger partial charge is 0.467 e. The average Bonchev–Trinajstić information content (AvgIpc) is 3.05. The van der Waals surface area contributed by atoms with E-state index in [0.717, 1.165) is 28.4 Å². The van der Waals surface area contributed by atoms with E-state index in [4.69, 9.17) is 4.42 Å². The van der Waals surface area contributed by atoms with E-state index in [1.54, 1.807) is 12.5 Å². The molecule has 0 atom stereocenters. The highest BCUT2D eigenvalue weighted by molar-refractivity contribution is 9.10. The Bertz CT molecular complexity index is 677. The first-order valence-electron chi connectivity index (χ1n) is 6.04. The van der Waals surface area contributed by atoms with Crippen molar-refractivity contribution in [2.75, 3.05) is 11.4 Å². The second-order valence-electron chi connectivity index (χ2n) is 4.14. The van der Waals surface area contributed by atoms with Crippen LogP contribution in [0.5, 0.6) is 0 Å². The highest BCUT2D eigenvalue weighted by atomic mass is 79.9. The van der Waals surface area contributed by atoms with Crippen molar-refractivity contribution in [1.82, 2.24) is 14.4 Å². The SMILES string of the molecule is CCN(Cc1ccco1)c1nc(Br)cn2ccnc12. The predicted octanol–water partition coefficient (Wildman–Crippen LogP) is 3.11. The molecular formula is C13H13BrN4O. The van der Waals surface area contributed by atoms with Gasteiger partial charge in [-0.1, -0.05) is 0 Å². The lowest BCUT2D eigenvalue weighted by molar-refractivity contribution is 0.503. The van der Waals surface area contributed by atoms with Crippen LogP contribution in [0.25, 0.3) is 5.65 Å². The molecule has 0 aromatic carbocycles. The van der Waals surface area contributed by atoms with E-state index < -0.39 is 0 Å². The Morgan fingerprint density at radius 1 is 1.47 bits per heavy atom. The Hall–Kier alpha value is -1.82. The van der Waals surface area contributed by atoms with Gasteiger partial charge in [0.25, 0.3) is 0 Å². The Balaban J connectivity index is 2.03. The van der Waals surface area contributed by atoms with Crippen LogP contribution in [0.3, 0.4) is 0 Å². The topological polar surface area (TPSA) is 46.6 Å². The van der Waals surface area contributed by atoms with E-state index in [-0.39, 0.29) is 0 Å². The van der Waals surface area contributed by atoms with Crippen LogP contribution < -0.4 is 4.90 Å². The summed E-state index contributed by atoms with van der Waals surface area (Å²) in [5, 5.41) is 0. The molecule has 0 N–H and O–H groups in total. The van der Waals surface area contributed by atoms with Gasteiger partial charge in [0.05, 0.1) is 12.8 Å². The second kappa shape index (κ2) is 5.05.